The molecule has 0 aliphatic carbocycles. The van der Waals surface area contributed by atoms with Crippen molar-refractivity contribution < 1.29 is 27.1 Å². The van der Waals surface area contributed by atoms with Crippen molar-refractivity contribution in [3.05, 3.63) is 35.4 Å². The number of halogens is 3. The fraction of sp³-hybridized carbons (Fsp3) is 0.357. The first-order valence-electron chi connectivity index (χ1n) is 7.15. The molecule has 0 spiro atoms. The number of hydrogen-bond donors (Lipinski definition) is 1. The highest BCUT2D eigenvalue weighted by Crippen LogP contribution is 2.41. The van der Waals surface area contributed by atoms with E-state index in [9.17, 15) is 18.0 Å². The summed E-state index contributed by atoms with van der Waals surface area (Å²) in [5.41, 5.74) is -1.49. The van der Waals surface area contributed by atoms with Crippen LogP contribution >= 0.6 is 11.8 Å². The number of furan rings is 1. The number of esters is 1. The van der Waals surface area contributed by atoms with Crippen LogP contribution in [0.4, 0.5) is 19.1 Å². The van der Waals surface area contributed by atoms with E-state index < -0.39 is 29.5 Å². The minimum Gasteiger partial charge on any atom is -0.472 e. The second kappa shape index (κ2) is 6.47. The van der Waals surface area contributed by atoms with E-state index >= 15 is 0 Å². The molecule has 25 heavy (non-hydrogen) atoms. The number of nitrogens with one attached hydrogen (secondary N) is 1. The molecule has 2 aromatic heterocycles. The van der Waals surface area contributed by atoms with E-state index in [2.05, 4.69) is 15.4 Å². The first kappa shape index (κ1) is 17.4. The summed E-state index contributed by atoms with van der Waals surface area (Å²) in [6.07, 6.45) is -0.549. The van der Waals surface area contributed by atoms with Crippen LogP contribution in [0.15, 0.2) is 39.4 Å². The Bertz CT molecular complexity index is 814. The summed E-state index contributed by atoms with van der Waals surface area (Å²) in [6.45, 7) is 1.45. The van der Waals surface area contributed by atoms with Gasteiger partial charge in [-0.25, -0.2) is 9.48 Å². The zero-order chi connectivity index (χ0) is 18.2. The van der Waals surface area contributed by atoms with Gasteiger partial charge in [-0.05, 0) is 19.2 Å². The van der Waals surface area contributed by atoms with Gasteiger partial charge in [0.15, 0.2) is 0 Å². The Balaban J connectivity index is 2.24. The van der Waals surface area contributed by atoms with Crippen LogP contribution in [0.5, 0.6) is 0 Å². The summed E-state index contributed by atoms with van der Waals surface area (Å²) in [5.74, 6) is -1.20. The van der Waals surface area contributed by atoms with Gasteiger partial charge in [-0.15, -0.1) is 5.10 Å². The van der Waals surface area contributed by atoms with Gasteiger partial charge in [0.1, 0.15) is 11.7 Å². The average Bonchev–Trinajstić information content (AvgIpc) is 3.21. The van der Waals surface area contributed by atoms with Crippen LogP contribution in [0.3, 0.4) is 0 Å². The van der Waals surface area contributed by atoms with E-state index in [1.54, 1.807) is 6.26 Å². The molecule has 1 aliphatic rings. The lowest BCUT2D eigenvalue weighted by Crippen LogP contribution is -2.35. The molecular formula is C14H13F3N4O3S. The minimum absolute atomic E-state index is 0.0636. The molecule has 7 nitrogen and oxygen atoms in total. The van der Waals surface area contributed by atoms with Gasteiger partial charge in [-0.2, -0.15) is 18.2 Å². The van der Waals surface area contributed by atoms with Crippen molar-refractivity contribution in [2.75, 3.05) is 18.2 Å². The van der Waals surface area contributed by atoms with Gasteiger partial charge in [0.2, 0.25) is 11.1 Å². The summed E-state index contributed by atoms with van der Waals surface area (Å²) in [5, 5.41) is 6.61. The van der Waals surface area contributed by atoms with Crippen LogP contribution in [0, 0.1) is 0 Å². The van der Waals surface area contributed by atoms with Gasteiger partial charge in [0, 0.05) is 5.56 Å². The molecule has 3 rings (SSSR count). The number of aromatic nitrogens is 3. The number of alkyl halides is 3. The molecule has 0 amide bonds. The van der Waals surface area contributed by atoms with Crippen molar-refractivity contribution in [2.24, 2.45) is 0 Å². The largest absolute Gasteiger partial charge is 0.472 e. The van der Waals surface area contributed by atoms with E-state index in [0.717, 1.165) is 0 Å². The molecule has 0 radical (unpaired) electrons. The zero-order valence-electron chi connectivity index (χ0n) is 13.1. The quantitative estimate of drug-likeness (QED) is 0.651. The molecule has 1 aliphatic heterocycles. The van der Waals surface area contributed by atoms with Crippen LogP contribution in [0.2, 0.25) is 0 Å². The number of thioether (sulfide) groups is 1. The normalized spacial score (nSPS) is 17.2. The van der Waals surface area contributed by atoms with Crippen molar-refractivity contribution in [3.63, 3.8) is 0 Å². The molecule has 2 aromatic rings. The number of nitrogens with zero attached hydrogens (tertiary/aromatic N) is 3. The molecule has 0 aromatic carbocycles. The maximum atomic E-state index is 13.6. The van der Waals surface area contributed by atoms with Gasteiger partial charge in [0.25, 0.3) is 0 Å². The SMILES string of the molecule is CCOC(=O)C1=C(C(F)(F)F)Nc2nc(SC)nn2C1c1ccoc1. The van der Waals surface area contributed by atoms with Crippen LogP contribution in [-0.2, 0) is 9.53 Å². The second-order valence-electron chi connectivity index (χ2n) is 4.96. The Morgan fingerprint density at radius 1 is 1.52 bits per heavy atom. The van der Waals surface area contributed by atoms with E-state index in [0.29, 0.717) is 5.56 Å². The van der Waals surface area contributed by atoms with Crippen molar-refractivity contribution in [3.8, 4) is 0 Å². The van der Waals surface area contributed by atoms with Gasteiger partial charge in [-0.3, -0.25) is 0 Å². The van der Waals surface area contributed by atoms with Crippen LogP contribution in [-0.4, -0.2) is 39.8 Å². The minimum atomic E-state index is -4.80. The molecule has 0 fully saturated rings. The smallest absolute Gasteiger partial charge is 0.431 e. The Hall–Kier alpha value is -2.43. The number of rotatable bonds is 4. The molecule has 134 valence electrons. The molecule has 3 heterocycles. The van der Waals surface area contributed by atoms with Crippen LogP contribution < -0.4 is 5.32 Å². The summed E-state index contributed by atoms with van der Waals surface area (Å²) >= 11 is 1.17. The Labute approximate surface area is 144 Å². The number of carbonyl (C=O) groups excluding carboxylic acids is 1. The second-order valence-corrected chi connectivity index (χ2v) is 5.73. The molecule has 1 atom stereocenters. The number of hydrogen-bond acceptors (Lipinski definition) is 7. The number of anilines is 1. The number of carbonyl (C=O) groups is 1. The van der Waals surface area contributed by atoms with Crippen molar-refractivity contribution in [2.45, 2.75) is 24.3 Å². The summed E-state index contributed by atoms with van der Waals surface area (Å²) < 4.78 is 51.8. The lowest BCUT2D eigenvalue weighted by molar-refractivity contribution is -0.140. The third kappa shape index (κ3) is 3.11. The number of fused-ring (bicyclic) bond motifs is 1. The van der Waals surface area contributed by atoms with Crippen molar-refractivity contribution >= 4 is 23.7 Å². The van der Waals surface area contributed by atoms with E-state index in [1.807, 2.05) is 0 Å². The predicted molar refractivity (Wildman–Crippen MR) is 82.0 cm³/mol. The monoisotopic (exact) mass is 374 g/mol. The Kier molecular flexibility index (Phi) is 4.50. The van der Waals surface area contributed by atoms with Gasteiger partial charge >= 0.3 is 12.1 Å². The van der Waals surface area contributed by atoms with Crippen LogP contribution in [0.1, 0.15) is 18.5 Å². The van der Waals surface area contributed by atoms with Gasteiger partial charge in [0.05, 0.1) is 24.7 Å². The highest BCUT2D eigenvalue weighted by Gasteiger charge is 2.47. The molecule has 0 saturated carbocycles. The summed E-state index contributed by atoms with van der Waals surface area (Å²) in [6, 6.07) is 0.298. The summed E-state index contributed by atoms with van der Waals surface area (Å²) in [7, 11) is 0. The first-order chi connectivity index (χ1) is 11.9. The lowest BCUT2D eigenvalue weighted by Gasteiger charge is -2.29. The fourth-order valence-corrected chi connectivity index (χ4v) is 2.83. The van der Waals surface area contributed by atoms with Gasteiger partial charge < -0.3 is 14.5 Å². The highest BCUT2D eigenvalue weighted by atomic mass is 32.2. The fourth-order valence-electron chi connectivity index (χ4n) is 2.48. The van der Waals surface area contributed by atoms with Gasteiger partial charge in [-0.1, -0.05) is 11.8 Å². The highest BCUT2D eigenvalue weighted by molar-refractivity contribution is 7.98. The maximum Gasteiger partial charge on any atom is 0.431 e. The molecule has 1 unspecified atom stereocenters. The topological polar surface area (TPSA) is 82.2 Å². The standard InChI is InChI=1S/C14H13F3N4O3S/c1-3-24-11(22)8-9(7-4-5-23-6-7)21-12(19-13(20-21)25-2)18-10(8)14(15,16)17/h4-6,9H,3H2,1-2H3,(H,18,19,20). The Morgan fingerprint density at radius 3 is 2.84 bits per heavy atom. The predicted octanol–water partition coefficient (Wildman–Crippen LogP) is 2.99. The Morgan fingerprint density at radius 2 is 2.28 bits per heavy atom. The number of allylic oxidation sites excluding steroid dienone is 1. The lowest BCUT2D eigenvalue weighted by atomic mass is 9.97. The van der Waals surface area contributed by atoms with E-state index in [4.69, 9.17) is 9.15 Å². The first-order valence-corrected chi connectivity index (χ1v) is 8.37. The molecule has 0 saturated heterocycles. The van der Waals surface area contributed by atoms with Crippen LogP contribution in [0.25, 0.3) is 0 Å². The maximum absolute atomic E-state index is 13.6. The van der Waals surface area contributed by atoms with Crippen molar-refractivity contribution in [1.29, 1.82) is 0 Å². The van der Waals surface area contributed by atoms with E-state index in [-0.39, 0.29) is 17.7 Å². The molecule has 11 heteroatoms. The number of ether oxygens (including phenoxy) is 1. The van der Waals surface area contributed by atoms with E-state index in [1.165, 1.54) is 42.0 Å². The summed E-state index contributed by atoms with van der Waals surface area (Å²) in [4.78, 5) is 16.3. The third-order valence-corrected chi connectivity index (χ3v) is 3.99. The molecule has 1 N–H and O–H groups in total. The average molecular weight is 374 g/mol. The zero-order valence-corrected chi connectivity index (χ0v) is 13.9. The third-order valence-electron chi connectivity index (χ3n) is 3.46. The molecule has 0 bridgehead atoms. The van der Waals surface area contributed by atoms with Crippen molar-refractivity contribution in [1.82, 2.24) is 14.8 Å². The molecular weight excluding hydrogens is 361 g/mol.